The van der Waals surface area contributed by atoms with Crippen LogP contribution in [0.5, 0.6) is 0 Å². The number of aromatic nitrogens is 1. The first-order valence-electron chi connectivity index (χ1n) is 20.5. The van der Waals surface area contributed by atoms with Crippen molar-refractivity contribution in [1.82, 2.24) is 15.2 Å². The SMILES string of the molecule is C1=C(c2ccccc2)NC(c2ccc3ccccc3c2)NC1c1ccc(-c2cc3c4ccccc4c4c(c5ccccc5n4-c4ccccc4)c3c3ccccc23)cc1. The number of hydrogen-bond acceptors (Lipinski definition) is 2. The fourth-order valence-electron chi connectivity index (χ4n) is 9.68. The molecule has 11 aromatic rings. The highest BCUT2D eigenvalue weighted by atomic mass is 15.2. The summed E-state index contributed by atoms with van der Waals surface area (Å²) in [6.45, 7) is 0. The van der Waals surface area contributed by atoms with Crippen molar-refractivity contribution in [3.8, 4) is 16.8 Å². The van der Waals surface area contributed by atoms with E-state index < -0.39 is 0 Å². The third-order valence-corrected chi connectivity index (χ3v) is 12.4. The van der Waals surface area contributed by atoms with Gasteiger partial charge in [-0.25, -0.2) is 0 Å². The van der Waals surface area contributed by atoms with Crippen molar-refractivity contribution in [3.63, 3.8) is 0 Å². The molecule has 2 unspecified atom stereocenters. The lowest BCUT2D eigenvalue weighted by Crippen LogP contribution is -2.39. The summed E-state index contributed by atoms with van der Waals surface area (Å²) in [5.41, 5.74) is 10.8. The largest absolute Gasteiger partial charge is 0.366 e. The second-order valence-electron chi connectivity index (χ2n) is 15.7. The molecule has 2 atom stereocenters. The molecule has 3 nitrogen and oxygen atoms in total. The van der Waals surface area contributed by atoms with Gasteiger partial charge < -0.3 is 9.88 Å². The van der Waals surface area contributed by atoms with Gasteiger partial charge in [-0.1, -0.05) is 176 Å². The summed E-state index contributed by atoms with van der Waals surface area (Å²) in [6.07, 6.45) is 2.27. The van der Waals surface area contributed by atoms with Crippen LogP contribution in [0.3, 0.4) is 0 Å². The number of para-hydroxylation sites is 2. The molecular weight excluding hydrogens is 715 g/mol. The number of fused-ring (bicyclic) bond motifs is 11. The van der Waals surface area contributed by atoms with Crippen LogP contribution < -0.4 is 10.6 Å². The molecule has 0 fully saturated rings. The average Bonchev–Trinajstić information content (AvgIpc) is 3.67. The molecule has 0 bridgehead atoms. The van der Waals surface area contributed by atoms with Gasteiger partial charge in [-0.05, 0) is 96.5 Å². The first-order chi connectivity index (χ1) is 29.3. The van der Waals surface area contributed by atoms with Gasteiger partial charge in [-0.2, -0.15) is 0 Å². The van der Waals surface area contributed by atoms with Crippen LogP contribution in [0.4, 0.5) is 0 Å². The zero-order chi connectivity index (χ0) is 38.9. The summed E-state index contributed by atoms with van der Waals surface area (Å²) < 4.78 is 2.46. The van der Waals surface area contributed by atoms with Crippen LogP contribution in [-0.2, 0) is 0 Å². The highest BCUT2D eigenvalue weighted by Gasteiger charge is 2.25. The van der Waals surface area contributed by atoms with Crippen molar-refractivity contribution in [2.45, 2.75) is 12.2 Å². The molecule has 0 saturated carbocycles. The van der Waals surface area contributed by atoms with Crippen LogP contribution in [0, 0.1) is 0 Å². The van der Waals surface area contributed by atoms with Crippen molar-refractivity contribution in [3.05, 3.63) is 229 Å². The van der Waals surface area contributed by atoms with E-state index in [1.165, 1.54) is 98.4 Å². The molecule has 0 spiro atoms. The predicted molar refractivity (Wildman–Crippen MR) is 249 cm³/mol. The monoisotopic (exact) mass is 753 g/mol. The summed E-state index contributed by atoms with van der Waals surface area (Å²) in [5, 5.41) is 20.4. The fraction of sp³-hybridized carbons (Fsp3) is 0.0357. The number of rotatable bonds is 5. The lowest BCUT2D eigenvalue weighted by Gasteiger charge is -2.33. The summed E-state index contributed by atoms with van der Waals surface area (Å²) in [5.74, 6) is 0. The molecule has 0 aliphatic carbocycles. The number of benzene rings is 10. The molecule has 10 aromatic carbocycles. The Labute approximate surface area is 342 Å². The molecule has 3 heteroatoms. The molecule has 1 aliphatic heterocycles. The second kappa shape index (κ2) is 13.6. The fourth-order valence-corrected chi connectivity index (χ4v) is 9.68. The van der Waals surface area contributed by atoms with Gasteiger partial charge >= 0.3 is 0 Å². The second-order valence-corrected chi connectivity index (χ2v) is 15.7. The Morgan fingerprint density at radius 1 is 0.407 bits per heavy atom. The van der Waals surface area contributed by atoms with Crippen LogP contribution in [0.2, 0.25) is 0 Å². The van der Waals surface area contributed by atoms with Crippen molar-refractivity contribution in [2.24, 2.45) is 0 Å². The summed E-state index contributed by atoms with van der Waals surface area (Å²) in [7, 11) is 0. The maximum absolute atomic E-state index is 3.94. The lowest BCUT2D eigenvalue weighted by molar-refractivity contribution is 0.443. The van der Waals surface area contributed by atoms with E-state index in [1.807, 2.05) is 0 Å². The molecule has 1 aromatic heterocycles. The smallest absolute Gasteiger partial charge is 0.104 e. The molecule has 0 saturated heterocycles. The lowest BCUT2D eigenvalue weighted by atomic mass is 9.88. The van der Waals surface area contributed by atoms with Gasteiger partial charge in [0.2, 0.25) is 0 Å². The van der Waals surface area contributed by atoms with Gasteiger partial charge in [0.1, 0.15) is 6.17 Å². The standard InChI is InChI=1S/C56H39N3/c1-3-16-38(17-4-1)50-35-51(58-56(57-50)41-32-27-36-15-7-8-18-40(36)33-41)39-30-28-37(29-31-39)48-34-49-44-22-10-12-24-46(44)55-54(53(49)45-23-11-9-21-43(45)48)47-25-13-14-26-52(47)59(55)42-19-5-2-6-20-42/h1-35,51,56-58H. The molecule has 1 aliphatic rings. The third-order valence-electron chi connectivity index (χ3n) is 12.4. The number of hydrogen-bond donors (Lipinski definition) is 2. The summed E-state index contributed by atoms with van der Waals surface area (Å²) in [4.78, 5) is 0. The van der Waals surface area contributed by atoms with E-state index >= 15 is 0 Å². The minimum Gasteiger partial charge on any atom is -0.366 e. The predicted octanol–water partition coefficient (Wildman–Crippen LogP) is 14.0. The quantitative estimate of drug-likeness (QED) is 0.171. The van der Waals surface area contributed by atoms with Crippen molar-refractivity contribution < 1.29 is 0 Å². The van der Waals surface area contributed by atoms with E-state index in [0.717, 1.165) is 5.70 Å². The summed E-state index contributed by atoms with van der Waals surface area (Å²) >= 11 is 0. The van der Waals surface area contributed by atoms with Crippen LogP contribution in [-0.4, -0.2) is 4.57 Å². The Morgan fingerprint density at radius 3 is 1.83 bits per heavy atom. The highest BCUT2D eigenvalue weighted by Crippen LogP contribution is 2.47. The van der Waals surface area contributed by atoms with Gasteiger partial charge in [-0.3, -0.25) is 5.32 Å². The zero-order valence-electron chi connectivity index (χ0n) is 32.3. The molecular formula is C56H39N3. The molecule has 0 amide bonds. The normalized spacial score (nSPS) is 15.6. The van der Waals surface area contributed by atoms with Crippen LogP contribution in [0.15, 0.2) is 212 Å². The van der Waals surface area contributed by atoms with E-state index in [-0.39, 0.29) is 12.2 Å². The topological polar surface area (TPSA) is 29.0 Å². The van der Waals surface area contributed by atoms with E-state index in [0.29, 0.717) is 0 Å². The Morgan fingerprint density at radius 2 is 1.03 bits per heavy atom. The zero-order valence-corrected chi connectivity index (χ0v) is 32.3. The molecule has 2 heterocycles. The van der Waals surface area contributed by atoms with E-state index in [2.05, 4.69) is 228 Å². The van der Waals surface area contributed by atoms with E-state index in [4.69, 9.17) is 0 Å². The minimum atomic E-state index is -0.0631. The van der Waals surface area contributed by atoms with Gasteiger partial charge in [0.05, 0.1) is 17.1 Å². The Hall–Kier alpha value is -7.46. The Kier molecular flexibility index (Phi) is 7.75. The maximum Gasteiger partial charge on any atom is 0.104 e. The number of nitrogens with zero attached hydrogens (tertiary/aromatic N) is 1. The first kappa shape index (κ1) is 33.7. The van der Waals surface area contributed by atoms with E-state index in [9.17, 15) is 0 Å². The first-order valence-corrected chi connectivity index (χ1v) is 20.5. The van der Waals surface area contributed by atoms with Crippen LogP contribution in [0.1, 0.15) is 28.9 Å². The minimum absolute atomic E-state index is 0.00415. The summed E-state index contributed by atoms with van der Waals surface area (Å²) in [6, 6.07) is 75.4. The van der Waals surface area contributed by atoms with Crippen molar-refractivity contribution in [2.75, 3.05) is 0 Å². The Balaban J connectivity index is 1.02. The van der Waals surface area contributed by atoms with Gasteiger partial charge in [-0.15, -0.1) is 0 Å². The molecule has 278 valence electrons. The molecule has 59 heavy (non-hydrogen) atoms. The highest BCUT2D eigenvalue weighted by molar-refractivity contribution is 6.38. The average molecular weight is 754 g/mol. The molecule has 2 N–H and O–H groups in total. The molecule has 12 rings (SSSR count). The molecule has 0 radical (unpaired) electrons. The van der Waals surface area contributed by atoms with Crippen LogP contribution in [0.25, 0.3) is 87.4 Å². The van der Waals surface area contributed by atoms with Crippen molar-refractivity contribution >= 4 is 70.6 Å². The number of nitrogens with one attached hydrogen (secondary N) is 2. The van der Waals surface area contributed by atoms with E-state index in [1.54, 1.807) is 0 Å². The van der Waals surface area contributed by atoms with Gasteiger partial charge in [0, 0.05) is 32.9 Å². The van der Waals surface area contributed by atoms with Crippen LogP contribution >= 0.6 is 0 Å². The Bertz CT molecular complexity index is 3430. The third kappa shape index (κ3) is 5.47. The van der Waals surface area contributed by atoms with Gasteiger partial charge in [0.25, 0.3) is 0 Å². The maximum atomic E-state index is 3.94. The van der Waals surface area contributed by atoms with Crippen molar-refractivity contribution in [1.29, 1.82) is 0 Å². The van der Waals surface area contributed by atoms with Gasteiger partial charge in [0.15, 0.2) is 0 Å².